The summed E-state index contributed by atoms with van der Waals surface area (Å²) in [7, 11) is 5.41. The van der Waals surface area contributed by atoms with Gasteiger partial charge in [0.05, 0.1) is 32.3 Å². The fourth-order valence-corrected chi connectivity index (χ4v) is 2.82. The second-order valence-corrected chi connectivity index (χ2v) is 5.94. The third-order valence-electron chi connectivity index (χ3n) is 4.47. The summed E-state index contributed by atoms with van der Waals surface area (Å²) in [5.74, 6) is -1.09. The van der Waals surface area contributed by atoms with E-state index in [0.717, 1.165) is 0 Å². The largest absolute Gasteiger partial charge is 0.493 e. The Kier molecular flexibility index (Phi) is 6.40. The molecule has 0 spiro atoms. The van der Waals surface area contributed by atoms with E-state index in [1.165, 1.54) is 51.5 Å². The molecule has 0 aliphatic carbocycles. The number of hydrogen-bond donors (Lipinski definition) is 0. The van der Waals surface area contributed by atoms with Crippen molar-refractivity contribution in [3.63, 3.8) is 0 Å². The lowest BCUT2D eigenvalue weighted by Gasteiger charge is -2.26. The fraction of sp³-hybridized carbons (Fsp3) is 0.316. The highest BCUT2D eigenvalue weighted by atomic mass is 19.1. The first-order chi connectivity index (χ1) is 13.3. The second kappa shape index (κ2) is 8.55. The number of amides is 1. The van der Waals surface area contributed by atoms with Crippen molar-refractivity contribution < 1.29 is 28.3 Å². The predicted molar refractivity (Wildman–Crippen MR) is 99.7 cm³/mol. The highest BCUT2D eigenvalue weighted by Crippen LogP contribution is 2.46. The van der Waals surface area contributed by atoms with Crippen LogP contribution in [0.4, 0.5) is 10.1 Å². The number of methoxy groups -OCH3 is 3. The van der Waals surface area contributed by atoms with Crippen molar-refractivity contribution in [1.29, 1.82) is 0 Å². The Labute approximate surface area is 161 Å². The molecule has 2 aromatic rings. The highest BCUT2D eigenvalue weighted by Gasteiger charge is 2.34. The van der Waals surface area contributed by atoms with Crippen LogP contribution in [0.25, 0.3) is 0 Å². The van der Waals surface area contributed by atoms with E-state index in [2.05, 4.69) is 0 Å². The topological polar surface area (TPSA) is 91.1 Å². The van der Waals surface area contributed by atoms with Crippen LogP contribution in [-0.4, -0.2) is 44.1 Å². The van der Waals surface area contributed by atoms with Crippen molar-refractivity contribution in [3.8, 4) is 17.2 Å². The maximum atomic E-state index is 13.2. The molecule has 0 N–H and O–H groups in total. The van der Waals surface area contributed by atoms with Crippen LogP contribution in [0.2, 0.25) is 0 Å². The van der Waals surface area contributed by atoms with Gasteiger partial charge in [0.15, 0.2) is 5.75 Å². The molecule has 8 nitrogen and oxygen atoms in total. The van der Waals surface area contributed by atoms with Crippen LogP contribution in [0.15, 0.2) is 30.3 Å². The summed E-state index contributed by atoms with van der Waals surface area (Å²) in [5, 5.41) is 11.7. The van der Waals surface area contributed by atoms with Crippen molar-refractivity contribution in [2.75, 3.05) is 28.4 Å². The van der Waals surface area contributed by atoms with Gasteiger partial charge in [-0.2, -0.15) is 0 Å². The average Bonchev–Trinajstić information content (AvgIpc) is 2.70. The van der Waals surface area contributed by atoms with E-state index in [9.17, 15) is 19.3 Å². The SMILES string of the molecule is COc1cc(C(=O)N(C)[C@H](C)c2ccc(F)cc2)c([N+](=O)[O-])c(OC)c1OC. The van der Waals surface area contributed by atoms with Crippen LogP contribution in [0.5, 0.6) is 17.2 Å². The Balaban J connectivity index is 2.56. The molecule has 0 fully saturated rings. The standard InChI is InChI=1S/C19H21FN2O6/c1-11(12-6-8-13(20)9-7-12)21(2)19(23)14-10-15(26-3)17(27-4)18(28-5)16(14)22(24)25/h6-11H,1-5H3/t11-/m1/s1. The number of nitro groups is 1. The van der Waals surface area contributed by atoms with Gasteiger partial charge < -0.3 is 19.1 Å². The van der Waals surface area contributed by atoms with Crippen LogP contribution >= 0.6 is 0 Å². The Morgan fingerprint density at radius 1 is 1.11 bits per heavy atom. The van der Waals surface area contributed by atoms with Gasteiger partial charge in [-0.3, -0.25) is 14.9 Å². The smallest absolute Gasteiger partial charge is 0.327 e. The van der Waals surface area contributed by atoms with E-state index in [4.69, 9.17) is 14.2 Å². The summed E-state index contributed by atoms with van der Waals surface area (Å²) in [6, 6.07) is 6.45. The van der Waals surface area contributed by atoms with E-state index >= 15 is 0 Å². The van der Waals surface area contributed by atoms with E-state index < -0.39 is 28.4 Å². The number of nitro benzene ring substituents is 1. The monoisotopic (exact) mass is 392 g/mol. The molecule has 0 radical (unpaired) electrons. The first-order valence-corrected chi connectivity index (χ1v) is 8.26. The first kappa shape index (κ1) is 20.9. The molecular weight excluding hydrogens is 371 g/mol. The number of carbonyl (C=O) groups excluding carboxylic acids is 1. The number of halogens is 1. The summed E-state index contributed by atoms with van der Waals surface area (Å²) in [4.78, 5) is 25.4. The zero-order valence-corrected chi connectivity index (χ0v) is 16.2. The minimum absolute atomic E-state index is 0.0162. The molecule has 0 unspecified atom stereocenters. The molecule has 150 valence electrons. The van der Waals surface area contributed by atoms with E-state index in [1.54, 1.807) is 19.1 Å². The highest BCUT2D eigenvalue weighted by molar-refractivity contribution is 6.00. The van der Waals surface area contributed by atoms with Gasteiger partial charge in [-0.15, -0.1) is 0 Å². The lowest BCUT2D eigenvalue weighted by atomic mass is 10.0. The molecule has 0 saturated carbocycles. The number of hydrogen-bond acceptors (Lipinski definition) is 6. The molecule has 0 aromatic heterocycles. The zero-order chi connectivity index (χ0) is 21.0. The first-order valence-electron chi connectivity index (χ1n) is 8.26. The van der Waals surface area contributed by atoms with Crippen molar-refractivity contribution in [2.45, 2.75) is 13.0 Å². The molecule has 0 aliphatic heterocycles. The maximum Gasteiger partial charge on any atom is 0.327 e. The lowest BCUT2D eigenvalue weighted by molar-refractivity contribution is -0.386. The van der Waals surface area contributed by atoms with Gasteiger partial charge in [-0.1, -0.05) is 12.1 Å². The average molecular weight is 392 g/mol. The molecule has 1 amide bonds. The normalized spacial score (nSPS) is 11.5. The van der Waals surface area contributed by atoms with Gasteiger partial charge >= 0.3 is 5.69 Å². The predicted octanol–water partition coefficient (Wildman–Crippen LogP) is 3.59. The van der Waals surface area contributed by atoms with Gasteiger partial charge in [0.1, 0.15) is 11.4 Å². The van der Waals surface area contributed by atoms with E-state index in [1.807, 2.05) is 0 Å². The molecule has 0 saturated heterocycles. The maximum absolute atomic E-state index is 13.2. The summed E-state index contributed by atoms with van der Waals surface area (Å²) in [6.45, 7) is 1.73. The molecule has 0 bridgehead atoms. The Morgan fingerprint density at radius 2 is 1.68 bits per heavy atom. The quantitative estimate of drug-likeness (QED) is 0.528. The number of nitrogens with zero attached hydrogens (tertiary/aromatic N) is 2. The molecule has 2 aromatic carbocycles. The minimum atomic E-state index is -0.704. The summed E-state index contributed by atoms with van der Waals surface area (Å²) in [6.07, 6.45) is 0. The molecule has 2 rings (SSSR count). The van der Waals surface area contributed by atoms with Crippen molar-refractivity contribution in [3.05, 3.63) is 57.4 Å². The van der Waals surface area contributed by atoms with Crippen molar-refractivity contribution in [1.82, 2.24) is 4.90 Å². The summed E-state index contributed by atoms with van der Waals surface area (Å²) >= 11 is 0. The van der Waals surface area contributed by atoms with E-state index in [0.29, 0.717) is 5.56 Å². The van der Waals surface area contributed by atoms with E-state index in [-0.39, 0.29) is 22.8 Å². The number of rotatable bonds is 7. The number of carbonyl (C=O) groups is 1. The minimum Gasteiger partial charge on any atom is -0.493 e. The Bertz CT molecular complexity index is 885. The molecule has 1 atom stereocenters. The number of ether oxygens (including phenoxy) is 3. The van der Waals surface area contributed by atoms with Gasteiger partial charge in [-0.25, -0.2) is 4.39 Å². The van der Waals surface area contributed by atoms with Gasteiger partial charge in [-0.05, 0) is 24.6 Å². The third-order valence-corrected chi connectivity index (χ3v) is 4.47. The fourth-order valence-electron chi connectivity index (χ4n) is 2.82. The third kappa shape index (κ3) is 3.83. The van der Waals surface area contributed by atoms with Crippen LogP contribution < -0.4 is 14.2 Å². The lowest BCUT2D eigenvalue weighted by Crippen LogP contribution is -2.30. The summed E-state index contributed by atoms with van der Waals surface area (Å²) in [5.41, 5.74) is -0.0633. The Morgan fingerprint density at radius 3 is 2.14 bits per heavy atom. The Hall–Kier alpha value is -3.36. The summed E-state index contributed by atoms with van der Waals surface area (Å²) < 4.78 is 28.7. The van der Waals surface area contributed by atoms with Crippen LogP contribution in [0, 0.1) is 15.9 Å². The van der Waals surface area contributed by atoms with Crippen molar-refractivity contribution >= 4 is 11.6 Å². The molecule has 28 heavy (non-hydrogen) atoms. The van der Waals surface area contributed by atoms with Crippen LogP contribution in [-0.2, 0) is 0 Å². The van der Waals surface area contributed by atoms with Crippen LogP contribution in [0.1, 0.15) is 28.9 Å². The van der Waals surface area contributed by atoms with Crippen LogP contribution in [0.3, 0.4) is 0 Å². The van der Waals surface area contributed by atoms with Gasteiger partial charge in [0.2, 0.25) is 11.5 Å². The van der Waals surface area contributed by atoms with Gasteiger partial charge in [0, 0.05) is 13.1 Å². The second-order valence-electron chi connectivity index (χ2n) is 5.94. The molecule has 9 heteroatoms. The molecule has 0 heterocycles. The van der Waals surface area contributed by atoms with Gasteiger partial charge in [0.25, 0.3) is 5.91 Å². The number of benzene rings is 2. The van der Waals surface area contributed by atoms with Crippen molar-refractivity contribution in [2.24, 2.45) is 0 Å². The zero-order valence-electron chi connectivity index (χ0n) is 16.2. The molecular formula is C19H21FN2O6. The molecule has 0 aliphatic rings.